The highest BCUT2D eigenvalue weighted by Gasteiger charge is 2.27. The summed E-state index contributed by atoms with van der Waals surface area (Å²) in [5, 5.41) is 8.18. The second-order valence-electron chi connectivity index (χ2n) is 5.72. The fourth-order valence-electron chi connectivity index (χ4n) is 1.84. The van der Waals surface area contributed by atoms with Crippen molar-refractivity contribution in [3.8, 4) is 0 Å². The van der Waals surface area contributed by atoms with Crippen LogP contribution in [0.3, 0.4) is 0 Å². The van der Waals surface area contributed by atoms with E-state index < -0.39 is 5.97 Å². The normalized spacial score (nSPS) is 12.3. The summed E-state index contributed by atoms with van der Waals surface area (Å²) in [6, 6.07) is 0. The van der Waals surface area contributed by atoms with Crippen molar-refractivity contribution in [2.24, 2.45) is 22.8 Å². The molecule has 0 saturated carbocycles. The van der Waals surface area contributed by atoms with Gasteiger partial charge >= 0.3 is 5.97 Å². The van der Waals surface area contributed by atoms with E-state index in [9.17, 15) is 9.59 Å². The second-order valence-corrected chi connectivity index (χ2v) is 5.72. The van der Waals surface area contributed by atoms with E-state index >= 15 is 0 Å². The molecule has 19 heavy (non-hydrogen) atoms. The smallest absolute Gasteiger partial charge is 0.303 e. The minimum Gasteiger partial charge on any atom is -0.481 e. The molecule has 0 aromatic rings. The molecule has 0 spiro atoms. The molecule has 0 radical (unpaired) electrons. The number of carboxylic acids is 1. The monoisotopic (exact) mass is 274 g/mol. The van der Waals surface area contributed by atoms with Crippen LogP contribution in [0.1, 0.15) is 59.8 Å². The molecule has 1 unspecified atom stereocenters. The number of hydrogen-bond acceptors (Lipinski definition) is 3. The molecule has 0 aliphatic rings. The largest absolute Gasteiger partial charge is 0.481 e. The maximum Gasteiger partial charge on any atom is 0.303 e. The van der Waals surface area contributed by atoms with Gasteiger partial charge in [0.15, 0.2) is 0 Å². The molecule has 0 aliphatic heterocycles. The standard InChI is InChI=1S/C8H17NO.C6H13NO2/c1-5-6(7(9)10)8(2,3)4;7-5-3-1-2-4-6(8)9/h6H,5H2,1-4H3,(H2,9,10);1-5,7H2,(H,8,9). The highest BCUT2D eigenvalue weighted by atomic mass is 16.4. The van der Waals surface area contributed by atoms with Crippen LogP contribution in [0.5, 0.6) is 0 Å². The van der Waals surface area contributed by atoms with E-state index in [0.29, 0.717) is 6.54 Å². The number of rotatable bonds is 7. The first-order valence-corrected chi connectivity index (χ1v) is 6.88. The summed E-state index contributed by atoms with van der Waals surface area (Å²) in [4.78, 5) is 20.7. The van der Waals surface area contributed by atoms with Gasteiger partial charge in [0.1, 0.15) is 0 Å². The van der Waals surface area contributed by atoms with Crippen LogP contribution in [-0.2, 0) is 9.59 Å². The molecular formula is C14H30N2O3. The van der Waals surface area contributed by atoms with Crippen molar-refractivity contribution in [1.82, 2.24) is 0 Å². The van der Waals surface area contributed by atoms with Crippen LogP contribution in [-0.4, -0.2) is 23.5 Å². The van der Waals surface area contributed by atoms with Gasteiger partial charge in [-0.15, -0.1) is 0 Å². The zero-order chi connectivity index (χ0) is 15.5. The van der Waals surface area contributed by atoms with E-state index in [1.807, 2.05) is 27.7 Å². The van der Waals surface area contributed by atoms with Gasteiger partial charge in [0, 0.05) is 12.3 Å². The van der Waals surface area contributed by atoms with E-state index in [2.05, 4.69) is 0 Å². The Balaban J connectivity index is 0. The van der Waals surface area contributed by atoms with Crippen molar-refractivity contribution in [2.75, 3.05) is 6.54 Å². The molecule has 5 heteroatoms. The summed E-state index contributed by atoms with van der Waals surface area (Å²) in [6.07, 6.45) is 3.74. The molecule has 0 saturated heterocycles. The highest BCUT2D eigenvalue weighted by molar-refractivity contribution is 5.77. The number of unbranched alkanes of at least 4 members (excludes halogenated alkanes) is 2. The number of carbonyl (C=O) groups excluding carboxylic acids is 1. The fraction of sp³-hybridized carbons (Fsp3) is 0.857. The van der Waals surface area contributed by atoms with Gasteiger partial charge in [-0.05, 0) is 31.2 Å². The van der Waals surface area contributed by atoms with Crippen LogP contribution < -0.4 is 11.5 Å². The zero-order valence-electron chi connectivity index (χ0n) is 12.7. The predicted molar refractivity (Wildman–Crippen MR) is 77.6 cm³/mol. The van der Waals surface area contributed by atoms with Crippen LogP contribution in [0.4, 0.5) is 0 Å². The van der Waals surface area contributed by atoms with Crippen molar-refractivity contribution in [1.29, 1.82) is 0 Å². The maximum absolute atomic E-state index is 10.8. The molecule has 5 N–H and O–H groups in total. The van der Waals surface area contributed by atoms with Gasteiger partial charge in [0.05, 0.1) is 0 Å². The maximum atomic E-state index is 10.8. The summed E-state index contributed by atoms with van der Waals surface area (Å²) in [5.74, 6) is -0.894. The Bertz CT molecular complexity index is 260. The first-order valence-electron chi connectivity index (χ1n) is 6.88. The van der Waals surface area contributed by atoms with Crippen LogP contribution in [0, 0.1) is 11.3 Å². The molecule has 0 aromatic carbocycles. The molecule has 1 atom stereocenters. The fourth-order valence-corrected chi connectivity index (χ4v) is 1.84. The van der Waals surface area contributed by atoms with E-state index in [1.165, 1.54) is 0 Å². The molecule has 0 aliphatic carbocycles. The van der Waals surface area contributed by atoms with Gasteiger partial charge in [-0.1, -0.05) is 34.1 Å². The summed E-state index contributed by atoms with van der Waals surface area (Å²) < 4.78 is 0. The van der Waals surface area contributed by atoms with Gasteiger partial charge < -0.3 is 16.6 Å². The number of carboxylic acid groups (broad SMARTS) is 1. The van der Waals surface area contributed by atoms with E-state index in [1.54, 1.807) is 0 Å². The van der Waals surface area contributed by atoms with Crippen molar-refractivity contribution in [3.63, 3.8) is 0 Å². The second kappa shape index (κ2) is 10.8. The van der Waals surface area contributed by atoms with E-state index in [-0.39, 0.29) is 23.7 Å². The van der Waals surface area contributed by atoms with Gasteiger partial charge in [-0.2, -0.15) is 0 Å². The van der Waals surface area contributed by atoms with Crippen LogP contribution in [0.25, 0.3) is 0 Å². The lowest BCUT2D eigenvalue weighted by atomic mass is 9.79. The highest BCUT2D eigenvalue weighted by Crippen LogP contribution is 2.27. The minimum absolute atomic E-state index is 0.00694. The van der Waals surface area contributed by atoms with Crippen molar-refractivity contribution < 1.29 is 14.7 Å². The third-order valence-electron chi connectivity index (χ3n) is 2.89. The van der Waals surface area contributed by atoms with Gasteiger partial charge in [0.2, 0.25) is 5.91 Å². The average Bonchev–Trinajstić information content (AvgIpc) is 2.23. The summed E-state index contributed by atoms with van der Waals surface area (Å²) in [6.45, 7) is 8.75. The number of aliphatic carboxylic acids is 1. The minimum atomic E-state index is -0.716. The van der Waals surface area contributed by atoms with Gasteiger partial charge in [-0.25, -0.2) is 0 Å². The number of hydrogen-bond donors (Lipinski definition) is 3. The molecule has 5 nitrogen and oxygen atoms in total. The van der Waals surface area contributed by atoms with Crippen LogP contribution in [0.2, 0.25) is 0 Å². The average molecular weight is 274 g/mol. The number of amides is 1. The Labute approximate surface area is 116 Å². The zero-order valence-corrected chi connectivity index (χ0v) is 12.7. The van der Waals surface area contributed by atoms with Gasteiger partial charge in [0.25, 0.3) is 0 Å². The molecular weight excluding hydrogens is 244 g/mol. The van der Waals surface area contributed by atoms with Crippen molar-refractivity contribution >= 4 is 11.9 Å². The topological polar surface area (TPSA) is 106 Å². The lowest BCUT2D eigenvalue weighted by Gasteiger charge is -2.26. The Morgan fingerprint density at radius 2 is 1.68 bits per heavy atom. The molecule has 0 rings (SSSR count). The molecule has 0 aromatic heterocycles. The van der Waals surface area contributed by atoms with E-state index in [0.717, 1.165) is 25.7 Å². The molecule has 0 bridgehead atoms. The quantitative estimate of drug-likeness (QED) is 0.618. The number of primary amides is 1. The first-order chi connectivity index (χ1) is 8.66. The molecule has 1 amide bonds. The lowest BCUT2D eigenvalue weighted by Crippen LogP contribution is -2.33. The Hall–Kier alpha value is -1.10. The third-order valence-corrected chi connectivity index (χ3v) is 2.89. The molecule has 0 fully saturated rings. The van der Waals surface area contributed by atoms with E-state index in [4.69, 9.17) is 16.6 Å². The third kappa shape index (κ3) is 13.1. The summed E-state index contributed by atoms with van der Waals surface area (Å²) >= 11 is 0. The number of nitrogens with two attached hydrogens (primary N) is 2. The predicted octanol–water partition coefficient (Wildman–Crippen LogP) is 2.13. The summed E-state index contributed by atoms with van der Waals surface area (Å²) in [5.41, 5.74) is 10.4. The lowest BCUT2D eigenvalue weighted by molar-refractivity contribution is -0.137. The SMILES string of the molecule is CCC(C(N)=O)C(C)(C)C.NCCCCCC(=O)O. The summed E-state index contributed by atoms with van der Waals surface area (Å²) in [7, 11) is 0. The van der Waals surface area contributed by atoms with Crippen LogP contribution >= 0.6 is 0 Å². The first kappa shape index (κ1) is 20.2. The van der Waals surface area contributed by atoms with Gasteiger partial charge in [-0.3, -0.25) is 9.59 Å². The Kier molecular flexibility index (Phi) is 11.5. The molecule has 114 valence electrons. The number of carbonyl (C=O) groups is 2. The van der Waals surface area contributed by atoms with Crippen molar-refractivity contribution in [3.05, 3.63) is 0 Å². The Morgan fingerprint density at radius 3 is 1.89 bits per heavy atom. The Morgan fingerprint density at radius 1 is 1.16 bits per heavy atom. The molecule has 0 heterocycles. The van der Waals surface area contributed by atoms with Crippen molar-refractivity contribution in [2.45, 2.75) is 59.8 Å². The van der Waals surface area contributed by atoms with Crippen LogP contribution in [0.15, 0.2) is 0 Å².